The van der Waals surface area contributed by atoms with E-state index in [4.69, 9.17) is 4.74 Å². The van der Waals surface area contributed by atoms with Gasteiger partial charge in [-0.25, -0.2) is 4.98 Å². The van der Waals surface area contributed by atoms with Gasteiger partial charge in [0.2, 0.25) is 5.82 Å². The molecule has 3 aromatic rings. The van der Waals surface area contributed by atoms with Crippen LogP contribution in [0.2, 0.25) is 0 Å². The maximum absolute atomic E-state index is 12.8. The molecule has 2 amide bonds. The summed E-state index contributed by atoms with van der Waals surface area (Å²) < 4.78 is 5.31. The van der Waals surface area contributed by atoms with Crippen molar-refractivity contribution < 1.29 is 24.2 Å². The Hall–Kier alpha value is -3.73. The maximum atomic E-state index is 12.8. The number of carboxylic acid groups (broad SMARTS) is 1. The molecule has 1 aliphatic heterocycles. The number of carboxylic acids is 1. The van der Waals surface area contributed by atoms with Gasteiger partial charge in [-0.15, -0.1) is 11.3 Å². The SMILES string of the molecule is O=C1COc2ccc(CNC(=O)c3nc4sc5c(c4c(=O)[nH]3)C(C(=O)O)CCC5)cc2N1. The van der Waals surface area contributed by atoms with Crippen LogP contribution in [0.1, 0.15) is 45.4 Å². The first-order valence-electron chi connectivity index (χ1n) is 10.0. The number of carbonyl (C=O) groups is 3. The molecule has 0 spiro atoms. The summed E-state index contributed by atoms with van der Waals surface area (Å²) in [6, 6.07) is 5.16. The number of carbonyl (C=O) groups excluding carboxylic acids is 2. The minimum Gasteiger partial charge on any atom is -0.482 e. The van der Waals surface area contributed by atoms with Crippen LogP contribution in [-0.2, 0) is 22.6 Å². The summed E-state index contributed by atoms with van der Waals surface area (Å²) in [7, 11) is 0. The molecular formula is C21H18N4O6S. The molecule has 0 bridgehead atoms. The van der Waals surface area contributed by atoms with Crippen molar-refractivity contribution in [2.45, 2.75) is 31.7 Å². The maximum Gasteiger partial charge on any atom is 0.311 e. The topological polar surface area (TPSA) is 150 Å². The third-order valence-electron chi connectivity index (χ3n) is 5.56. The highest BCUT2D eigenvalue weighted by Crippen LogP contribution is 2.40. The average Bonchev–Trinajstić information content (AvgIpc) is 3.16. The lowest BCUT2D eigenvalue weighted by Gasteiger charge is -2.18. The van der Waals surface area contributed by atoms with Crippen LogP contribution < -0.4 is 20.9 Å². The number of anilines is 1. The minimum absolute atomic E-state index is 0.0377. The van der Waals surface area contributed by atoms with Crippen LogP contribution in [0.15, 0.2) is 23.0 Å². The smallest absolute Gasteiger partial charge is 0.311 e. The van der Waals surface area contributed by atoms with E-state index in [0.717, 1.165) is 16.9 Å². The molecule has 0 radical (unpaired) electrons. The summed E-state index contributed by atoms with van der Waals surface area (Å²) in [5.41, 5.74) is 1.27. The molecule has 32 heavy (non-hydrogen) atoms. The molecule has 5 rings (SSSR count). The van der Waals surface area contributed by atoms with Gasteiger partial charge < -0.3 is 25.5 Å². The number of ether oxygens (including phenoxy) is 1. The Bertz CT molecular complexity index is 1340. The van der Waals surface area contributed by atoms with Crippen molar-refractivity contribution in [1.82, 2.24) is 15.3 Å². The Morgan fingerprint density at radius 1 is 1.31 bits per heavy atom. The highest BCUT2D eigenvalue weighted by atomic mass is 32.1. The number of hydrogen-bond acceptors (Lipinski definition) is 7. The lowest BCUT2D eigenvalue weighted by Crippen LogP contribution is -2.28. The number of aryl methyl sites for hydroxylation is 1. The number of rotatable bonds is 4. The highest BCUT2D eigenvalue weighted by molar-refractivity contribution is 7.18. The molecule has 1 atom stereocenters. The van der Waals surface area contributed by atoms with Gasteiger partial charge >= 0.3 is 5.97 Å². The number of amides is 2. The number of nitrogens with one attached hydrogen (secondary N) is 3. The average molecular weight is 454 g/mol. The van der Waals surface area contributed by atoms with E-state index < -0.39 is 23.4 Å². The number of H-pyrrole nitrogens is 1. The number of thiophene rings is 1. The molecule has 11 heteroatoms. The second-order valence-corrected chi connectivity index (χ2v) is 8.75. The number of fused-ring (bicyclic) bond motifs is 4. The van der Waals surface area contributed by atoms with Gasteiger partial charge in [0.25, 0.3) is 17.4 Å². The van der Waals surface area contributed by atoms with Crippen molar-refractivity contribution in [2.75, 3.05) is 11.9 Å². The normalized spacial score (nSPS) is 17.1. The Morgan fingerprint density at radius 2 is 2.16 bits per heavy atom. The summed E-state index contributed by atoms with van der Waals surface area (Å²) in [4.78, 5) is 56.5. The van der Waals surface area contributed by atoms with Gasteiger partial charge in [-0.3, -0.25) is 19.2 Å². The second kappa shape index (κ2) is 7.75. The Morgan fingerprint density at radius 3 is 2.97 bits per heavy atom. The number of aliphatic carboxylic acids is 1. The van der Waals surface area contributed by atoms with Gasteiger partial charge in [-0.05, 0) is 42.5 Å². The van der Waals surface area contributed by atoms with Crippen molar-refractivity contribution >= 4 is 45.0 Å². The van der Waals surface area contributed by atoms with Gasteiger partial charge in [0.1, 0.15) is 10.6 Å². The fourth-order valence-electron chi connectivity index (χ4n) is 4.10. The zero-order valence-electron chi connectivity index (χ0n) is 16.7. The van der Waals surface area contributed by atoms with Crippen molar-refractivity contribution in [3.05, 3.63) is 50.4 Å². The predicted molar refractivity (Wildman–Crippen MR) is 115 cm³/mol. The van der Waals surface area contributed by atoms with Gasteiger partial charge in [0.05, 0.1) is 17.0 Å². The summed E-state index contributed by atoms with van der Waals surface area (Å²) >= 11 is 1.27. The van der Waals surface area contributed by atoms with Crippen LogP contribution in [0.4, 0.5) is 5.69 Å². The first kappa shape index (κ1) is 20.2. The van der Waals surface area contributed by atoms with Crippen molar-refractivity contribution in [3.63, 3.8) is 0 Å². The zero-order chi connectivity index (χ0) is 22.4. The predicted octanol–water partition coefficient (Wildman–Crippen LogP) is 1.75. The zero-order valence-corrected chi connectivity index (χ0v) is 17.5. The van der Waals surface area contributed by atoms with Gasteiger partial charge in [0.15, 0.2) is 6.61 Å². The molecule has 1 aromatic carbocycles. The van der Waals surface area contributed by atoms with Crippen LogP contribution in [0, 0.1) is 0 Å². The molecule has 2 aliphatic rings. The molecule has 0 saturated carbocycles. The van der Waals surface area contributed by atoms with Crippen LogP contribution in [0.3, 0.4) is 0 Å². The van der Waals surface area contributed by atoms with Crippen LogP contribution >= 0.6 is 11.3 Å². The molecule has 10 nitrogen and oxygen atoms in total. The van der Waals surface area contributed by atoms with Gasteiger partial charge in [0, 0.05) is 11.4 Å². The molecule has 2 aromatic heterocycles. The minimum atomic E-state index is -0.960. The third-order valence-corrected chi connectivity index (χ3v) is 6.72. The summed E-state index contributed by atoms with van der Waals surface area (Å²) in [5, 5.41) is 15.2. The Kier molecular flexibility index (Phi) is 4.89. The second-order valence-electron chi connectivity index (χ2n) is 7.67. The van der Waals surface area contributed by atoms with Crippen LogP contribution in [0.5, 0.6) is 5.75 Å². The van der Waals surface area contributed by atoms with Crippen LogP contribution in [0.25, 0.3) is 10.2 Å². The standard InChI is InChI=1S/C21H18N4O6S/c26-14-8-31-12-5-4-9(6-11(12)23-14)7-22-19(28)17-24-18(27)16-15-10(21(29)30)2-1-3-13(15)32-20(16)25-17/h4-6,10H,1-3,7-8H2,(H,22,28)(H,23,26)(H,29,30)(H,24,25,27). The van der Waals surface area contributed by atoms with Gasteiger partial charge in [-0.1, -0.05) is 6.07 Å². The lowest BCUT2D eigenvalue weighted by atomic mass is 9.86. The van der Waals surface area contributed by atoms with E-state index in [1.807, 2.05) is 0 Å². The quantitative estimate of drug-likeness (QED) is 0.469. The number of nitrogens with zero attached hydrogens (tertiary/aromatic N) is 1. The molecule has 1 aliphatic carbocycles. The molecule has 3 heterocycles. The number of aromatic nitrogens is 2. The molecule has 0 fully saturated rings. The summed E-state index contributed by atoms with van der Waals surface area (Å²) in [6.45, 7) is 0.107. The molecule has 1 unspecified atom stereocenters. The van der Waals surface area contributed by atoms with E-state index in [-0.39, 0.29) is 30.3 Å². The third kappa shape index (κ3) is 3.50. The van der Waals surface area contributed by atoms with Crippen LogP contribution in [-0.4, -0.2) is 39.5 Å². The highest BCUT2D eigenvalue weighted by Gasteiger charge is 2.32. The van der Waals surface area contributed by atoms with E-state index in [0.29, 0.717) is 34.7 Å². The summed E-state index contributed by atoms with van der Waals surface area (Å²) in [5.74, 6) is -2.09. The van der Waals surface area contributed by atoms with E-state index in [2.05, 4.69) is 20.6 Å². The first-order valence-corrected chi connectivity index (χ1v) is 10.8. The van der Waals surface area contributed by atoms with Crippen molar-refractivity contribution in [3.8, 4) is 5.75 Å². The fourth-order valence-corrected chi connectivity index (χ4v) is 5.38. The van der Waals surface area contributed by atoms with Crippen molar-refractivity contribution in [2.24, 2.45) is 0 Å². The van der Waals surface area contributed by atoms with E-state index in [9.17, 15) is 24.3 Å². The number of benzene rings is 1. The monoisotopic (exact) mass is 454 g/mol. The molecule has 164 valence electrons. The van der Waals surface area contributed by atoms with E-state index >= 15 is 0 Å². The van der Waals surface area contributed by atoms with E-state index in [1.54, 1.807) is 18.2 Å². The number of aromatic amines is 1. The molecule has 0 saturated heterocycles. The molecule has 4 N–H and O–H groups in total. The fraction of sp³-hybridized carbons (Fsp3) is 0.286. The first-order chi connectivity index (χ1) is 15.4. The van der Waals surface area contributed by atoms with Gasteiger partial charge in [-0.2, -0.15) is 0 Å². The van der Waals surface area contributed by atoms with E-state index in [1.165, 1.54) is 11.3 Å². The summed E-state index contributed by atoms with van der Waals surface area (Å²) in [6.07, 6.45) is 1.90. The van der Waals surface area contributed by atoms with Crippen molar-refractivity contribution in [1.29, 1.82) is 0 Å². The number of hydrogen-bond donors (Lipinski definition) is 4. The Balaban J connectivity index is 1.39. The lowest BCUT2D eigenvalue weighted by molar-refractivity contribution is -0.139. The molecular weight excluding hydrogens is 436 g/mol. The largest absolute Gasteiger partial charge is 0.482 e. The Labute approximate surface area is 184 Å².